The fourth-order valence-electron chi connectivity index (χ4n) is 2.20. The van der Waals surface area contributed by atoms with Gasteiger partial charge in [-0.3, -0.25) is 14.6 Å². The van der Waals surface area contributed by atoms with E-state index in [1.54, 1.807) is 36.8 Å². The summed E-state index contributed by atoms with van der Waals surface area (Å²) in [7, 11) is 3.01. The van der Waals surface area contributed by atoms with E-state index in [2.05, 4.69) is 28.1 Å². The smallest absolute Gasteiger partial charge is 0.333 e. The Kier molecular flexibility index (Phi) is 6.13. The van der Waals surface area contributed by atoms with Crippen molar-refractivity contribution < 1.29 is 14.3 Å². The van der Waals surface area contributed by atoms with Crippen LogP contribution in [0.3, 0.4) is 0 Å². The van der Waals surface area contributed by atoms with E-state index in [1.165, 1.54) is 18.5 Å². The second kappa shape index (κ2) is 8.09. The van der Waals surface area contributed by atoms with Crippen molar-refractivity contribution in [2.45, 2.75) is 12.7 Å². The number of anilines is 1. The van der Waals surface area contributed by atoms with Gasteiger partial charge < -0.3 is 9.47 Å². The van der Waals surface area contributed by atoms with Gasteiger partial charge in [0.2, 0.25) is 5.79 Å². The molecule has 2 aromatic rings. The van der Waals surface area contributed by atoms with Crippen LogP contribution in [0.15, 0.2) is 42.9 Å². The quantitative estimate of drug-likeness (QED) is 0.620. The van der Waals surface area contributed by atoms with Crippen LogP contribution < -0.4 is 5.32 Å². The molecule has 0 bridgehead atoms. The van der Waals surface area contributed by atoms with Crippen molar-refractivity contribution in [3.63, 3.8) is 0 Å². The SMILES string of the molecule is COC(CN(S)C(=O)Nc1ncccc1C)(OC)c1ccncc1. The lowest BCUT2D eigenvalue weighted by atomic mass is 10.1. The highest BCUT2D eigenvalue weighted by Crippen LogP contribution is 2.27. The molecule has 128 valence electrons. The maximum atomic E-state index is 12.4. The number of amides is 2. The van der Waals surface area contributed by atoms with Crippen molar-refractivity contribution in [1.82, 2.24) is 14.3 Å². The van der Waals surface area contributed by atoms with Gasteiger partial charge in [-0.25, -0.2) is 9.78 Å². The maximum Gasteiger partial charge on any atom is 0.333 e. The van der Waals surface area contributed by atoms with Crippen LogP contribution in [0.25, 0.3) is 0 Å². The van der Waals surface area contributed by atoms with E-state index >= 15 is 0 Å². The number of carbonyl (C=O) groups is 1. The predicted molar refractivity (Wildman–Crippen MR) is 93.6 cm³/mol. The average Bonchev–Trinajstić information content (AvgIpc) is 2.62. The molecule has 2 aromatic heterocycles. The number of hydrogen-bond acceptors (Lipinski definition) is 6. The van der Waals surface area contributed by atoms with Gasteiger partial charge in [0.25, 0.3) is 0 Å². The minimum absolute atomic E-state index is 0.0604. The van der Waals surface area contributed by atoms with Crippen LogP contribution in [0, 0.1) is 6.92 Å². The Morgan fingerprint density at radius 2 is 1.92 bits per heavy atom. The number of aryl methyl sites for hydroxylation is 1. The Morgan fingerprint density at radius 3 is 2.50 bits per heavy atom. The van der Waals surface area contributed by atoms with Gasteiger partial charge >= 0.3 is 6.03 Å². The molecule has 0 atom stereocenters. The molecule has 0 aromatic carbocycles. The van der Waals surface area contributed by atoms with Crippen LogP contribution in [-0.4, -0.2) is 41.1 Å². The number of urea groups is 1. The van der Waals surface area contributed by atoms with Crippen LogP contribution in [0.1, 0.15) is 11.1 Å². The van der Waals surface area contributed by atoms with Crippen molar-refractivity contribution in [2.75, 3.05) is 26.1 Å². The lowest BCUT2D eigenvalue weighted by molar-refractivity contribution is -0.216. The van der Waals surface area contributed by atoms with Gasteiger partial charge in [0.05, 0.1) is 6.54 Å². The largest absolute Gasteiger partial charge is 0.348 e. The number of rotatable bonds is 6. The van der Waals surface area contributed by atoms with Crippen LogP contribution in [0.2, 0.25) is 0 Å². The third kappa shape index (κ3) is 4.02. The number of nitrogens with zero attached hydrogens (tertiary/aromatic N) is 3. The fraction of sp³-hybridized carbons (Fsp3) is 0.312. The first-order valence-electron chi connectivity index (χ1n) is 7.22. The van der Waals surface area contributed by atoms with Crippen LogP contribution in [0.4, 0.5) is 10.6 Å². The van der Waals surface area contributed by atoms with Gasteiger partial charge in [0, 0.05) is 38.4 Å². The van der Waals surface area contributed by atoms with Gasteiger partial charge in [0.1, 0.15) is 5.82 Å². The molecule has 2 amide bonds. The van der Waals surface area contributed by atoms with Gasteiger partial charge in [0.15, 0.2) is 0 Å². The molecule has 0 radical (unpaired) electrons. The number of ether oxygens (including phenoxy) is 2. The summed E-state index contributed by atoms with van der Waals surface area (Å²) in [6, 6.07) is 6.74. The van der Waals surface area contributed by atoms with E-state index in [1.807, 2.05) is 13.0 Å². The Morgan fingerprint density at radius 1 is 1.25 bits per heavy atom. The van der Waals surface area contributed by atoms with Crippen molar-refractivity contribution >= 4 is 24.7 Å². The van der Waals surface area contributed by atoms with Crippen LogP contribution >= 0.6 is 12.8 Å². The lowest BCUT2D eigenvalue weighted by Crippen LogP contribution is -2.44. The molecule has 0 saturated heterocycles. The number of methoxy groups -OCH3 is 2. The molecule has 0 unspecified atom stereocenters. The Hall–Kier alpha value is -2.16. The highest BCUT2D eigenvalue weighted by Gasteiger charge is 2.35. The molecule has 2 rings (SSSR count). The summed E-state index contributed by atoms with van der Waals surface area (Å²) >= 11 is 4.26. The van der Waals surface area contributed by atoms with E-state index in [4.69, 9.17) is 9.47 Å². The molecule has 8 heteroatoms. The van der Waals surface area contributed by atoms with Gasteiger partial charge in [-0.05, 0) is 30.7 Å². The highest BCUT2D eigenvalue weighted by molar-refractivity contribution is 7.78. The number of thiol groups is 1. The molecule has 0 aliphatic heterocycles. The average molecular weight is 348 g/mol. The number of nitrogens with one attached hydrogen (secondary N) is 1. The molecule has 0 saturated carbocycles. The van der Waals surface area contributed by atoms with Crippen LogP contribution in [-0.2, 0) is 15.3 Å². The summed E-state index contributed by atoms with van der Waals surface area (Å²) in [5.74, 6) is -0.674. The molecule has 0 aliphatic rings. The second-order valence-electron chi connectivity index (χ2n) is 5.05. The zero-order valence-electron chi connectivity index (χ0n) is 13.8. The Balaban J connectivity index is 2.15. The first kappa shape index (κ1) is 18.2. The molecule has 0 spiro atoms. The summed E-state index contributed by atoms with van der Waals surface area (Å²) in [4.78, 5) is 20.5. The predicted octanol–water partition coefficient (Wildman–Crippen LogP) is 2.61. The molecule has 1 N–H and O–H groups in total. The molecular formula is C16H20N4O3S. The number of hydrogen-bond donors (Lipinski definition) is 2. The molecule has 2 heterocycles. The summed E-state index contributed by atoms with van der Waals surface area (Å²) in [5.41, 5.74) is 1.58. The normalized spacial score (nSPS) is 11.2. The fourth-order valence-corrected chi connectivity index (χ4v) is 2.43. The van der Waals surface area contributed by atoms with Gasteiger partial charge in [-0.1, -0.05) is 18.9 Å². The van der Waals surface area contributed by atoms with E-state index in [0.29, 0.717) is 5.82 Å². The van der Waals surface area contributed by atoms with E-state index in [-0.39, 0.29) is 6.54 Å². The van der Waals surface area contributed by atoms with Crippen molar-refractivity contribution in [2.24, 2.45) is 0 Å². The van der Waals surface area contributed by atoms with E-state index in [9.17, 15) is 4.79 Å². The first-order chi connectivity index (χ1) is 11.5. The highest BCUT2D eigenvalue weighted by atomic mass is 32.1. The summed E-state index contributed by atoms with van der Waals surface area (Å²) in [6.45, 7) is 1.92. The molecule has 0 aliphatic carbocycles. The topological polar surface area (TPSA) is 76.6 Å². The van der Waals surface area contributed by atoms with E-state index in [0.717, 1.165) is 11.1 Å². The number of aromatic nitrogens is 2. The maximum absolute atomic E-state index is 12.4. The van der Waals surface area contributed by atoms with Gasteiger partial charge in [-0.15, -0.1) is 0 Å². The number of carbonyl (C=O) groups excluding carboxylic acids is 1. The third-order valence-corrected chi connectivity index (χ3v) is 3.93. The second-order valence-corrected chi connectivity index (χ2v) is 5.54. The minimum atomic E-state index is -1.15. The standard InChI is InChI=1S/C16H20N4O3S/c1-12-5-4-8-18-14(12)19-15(21)20(24)11-16(22-2,23-3)13-6-9-17-10-7-13/h4-10,24H,11H2,1-3H3,(H,18,19,21). The minimum Gasteiger partial charge on any atom is -0.348 e. The first-order valence-corrected chi connectivity index (χ1v) is 7.62. The molecule has 7 nitrogen and oxygen atoms in total. The van der Waals surface area contributed by atoms with Gasteiger partial charge in [-0.2, -0.15) is 0 Å². The zero-order valence-corrected chi connectivity index (χ0v) is 14.7. The van der Waals surface area contributed by atoms with Crippen molar-refractivity contribution in [1.29, 1.82) is 0 Å². The Bertz CT molecular complexity index is 680. The van der Waals surface area contributed by atoms with E-state index < -0.39 is 11.8 Å². The molecule has 0 fully saturated rings. The summed E-state index contributed by atoms with van der Waals surface area (Å²) in [5, 5.41) is 2.71. The van der Waals surface area contributed by atoms with Crippen molar-refractivity contribution in [3.05, 3.63) is 54.0 Å². The molecule has 24 heavy (non-hydrogen) atoms. The van der Waals surface area contributed by atoms with Crippen LogP contribution in [0.5, 0.6) is 0 Å². The molecular weight excluding hydrogens is 328 g/mol. The lowest BCUT2D eigenvalue weighted by Gasteiger charge is -2.34. The summed E-state index contributed by atoms with van der Waals surface area (Å²) in [6.07, 6.45) is 4.86. The zero-order chi connectivity index (χ0) is 17.6. The monoisotopic (exact) mass is 348 g/mol. The Labute approximate surface area is 146 Å². The summed E-state index contributed by atoms with van der Waals surface area (Å²) < 4.78 is 12.2. The number of pyridine rings is 2. The van der Waals surface area contributed by atoms with Crippen molar-refractivity contribution in [3.8, 4) is 0 Å². The third-order valence-electron chi connectivity index (χ3n) is 3.61.